The molecule has 20 heavy (non-hydrogen) atoms. The molecule has 0 spiro atoms. The summed E-state index contributed by atoms with van der Waals surface area (Å²) in [6.45, 7) is 4.20. The highest BCUT2D eigenvalue weighted by atomic mass is 35.5. The van der Waals surface area contributed by atoms with Gasteiger partial charge in [-0.25, -0.2) is 9.97 Å². The van der Waals surface area contributed by atoms with Crippen molar-refractivity contribution in [2.24, 2.45) is 0 Å². The molecule has 1 heterocycles. The Morgan fingerprint density at radius 1 is 1.55 bits per heavy atom. The van der Waals surface area contributed by atoms with Crippen molar-refractivity contribution in [1.29, 1.82) is 0 Å². The monoisotopic (exact) mass is 297 g/mol. The molecular weight excluding hydrogens is 278 g/mol. The van der Waals surface area contributed by atoms with Crippen LogP contribution >= 0.6 is 11.6 Å². The maximum absolute atomic E-state index is 12.6. The lowest BCUT2D eigenvalue weighted by Crippen LogP contribution is -2.46. The van der Waals surface area contributed by atoms with Crippen molar-refractivity contribution in [3.05, 3.63) is 22.7 Å². The summed E-state index contributed by atoms with van der Waals surface area (Å²) in [5, 5.41) is 9.42. The molecular formula is C14H20ClN3O2. The molecule has 2 rings (SSSR count). The Kier molecular flexibility index (Phi) is 4.94. The fourth-order valence-corrected chi connectivity index (χ4v) is 2.37. The normalized spacial score (nSPS) is 15.2. The van der Waals surface area contributed by atoms with Crippen molar-refractivity contribution >= 4 is 17.5 Å². The quantitative estimate of drug-likeness (QED) is 0.905. The standard InChI is InChI=1S/C14H20ClN3O2/c1-9(2)13-16-8-11(15)12(17-13)14(20)18(6-7-19)10-4-3-5-10/h8-10,19H,3-7H2,1-2H3. The van der Waals surface area contributed by atoms with Gasteiger partial charge in [-0.1, -0.05) is 25.4 Å². The van der Waals surface area contributed by atoms with Crippen LogP contribution in [0.4, 0.5) is 0 Å². The number of aliphatic hydroxyl groups excluding tert-OH is 1. The summed E-state index contributed by atoms with van der Waals surface area (Å²) < 4.78 is 0. The first-order valence-electron chi connectivity index (χ1n) is 6.98. The van der Waals surface area contributed by atoms with Gasteiger partial charge in [0.25, 0.3) is 5.91 Å². The molecule has 5 nitrogen and oxygen atoms in total. The molecule has 1 N–H and O–H groups in total. The zero-order chi connectivity index (χ0) is 14.7. The van der Waals surface area contributed by atoms with Gasteiger partial charge in [0.15, 0.2) is 5.69 Å². The molecule has 0 aromatic carbocycles. The van der Waals surface area contributed by atoms with Gasteiger partial charge in [-0.3, -0.25) is 4.79 Å². The van der Waals surface area contributed by atoms with Gasteiger partial charge in [-0.15, -0.1) is 0 Å². The summed E-state index contributed by atoms with van der Waals surface area (Å²) >= 11 is 6.07. The molecule has 0 atom stereocenters. The Morgan fingerprint density at radius 3 is 2.75 bits per heavy atom. The fourth-order valence-electron chi connectivity index (χ4n) is 2.20. The molecule has 0 unspecified atom stereocenters. The number of rotatable bonds is 5. The largest absolute Gasteiger partial charge is 0.395 e. The predicted molar refractivity (Wildman–Crippen MR) is 76.9 cm³/mol. The molecule has 1 amide bonds. The van der Waals surface area contributed by atoms with Crippen molar-refractivity contribution in [1.82, 2.24) is 14.9 Å². The average molecular weight is 298 g/mol. The molecule has 0 bridgehead atoms. The zero-order valence-corrected chi connectivity index (χ0v) is 12.6. The van der Waals surface area contributed by atoms with Gasteiger partial charge in [0.05, 0.1) is 17.8 Å². The van der Waals surface area contributed by atoms with Crippen LogP contribution in [-0.2, 0) is 0 Å². The fraction of sp³-hybridized carbons (Fsp3) is 0.643. The first-order chi connectivity index (χ1) is 9.54. The van der Waals surface area contributed by atoms with Crippen LogP contribution in [0.15, 0.2) is 6.20 Å². The van der Waals surface area contributed by atoms with Crippen LogP contribution in [-0.4, -0.2) is 45.1 Å². The highest BCUT2D eigenvalue weighted by molar-refractivity contribution is 6.33. The van der Waals surface area contributed by atoms with Crippen LogP contribution in [0.1, 0.15) is 55.3 Å². The number of hydrogen-bond donors (Lipinski definition) is 1. The van der Waals surface area contributed by atoms with E-state index in [0.717, 1.165) is 19.3 Å². The summed E-state index contributed by atoms with van der Waals surface area (Å²) in [7, 11) is 0. The van der Waals surface area contributed by atoms with Crippen LogP contribution in [0.5, 0.6) is 0 Å². The minimum Gasteiger partial charge on any atom is -0.395 e. The minimum atomic E-state index is -0.210. The number of aromatic nitrogens is 2. The van der Waals surface area contributed by atoms with E-state index in [4.69, 9.17) is 16.7 Å². The number of nitrogens with zero attached hydrogens (tertiary/aromatic N) is 3. The number of aliphatic hydroxyl groups is 1. The smallest absolute Gasteiger partial charge is 0.274 e. The molecule has 1 aliphatic rings. The van der Waals surface area contributed by atoms with Crippen molar-refractivity contribution < 1.29 is 9.90 Å². The van der Waals surface area contributed by atoms with Crippen molar-refractivity contribution in [3.8, 4) is 0 Å². The second-order valence-corrected chi connectivity index (χ2v) is 5.79. The number of hydrogen-bond acceptors (Lipinski definition) is 4. The van der Waals surface area contributed by atoms with E-state index < -0.39 is 0 Å². The van der Waals surface area contributed by atoms with E-state index in [1.54, 1.807) is 4.90 Å². The molecule has 6 heteroatoms. The summed E-state index contributed by atoms with van der Waals surface area (Å²) in [6.07, 6.45) is 4.56. The zero-order valence-electron chi connectivity index (χ0n) is 11.8. The minimum absolute atomic E-state index is 0.0536. The molecule has 1 aromatic rings. The Bertz CT molecular complexity index is 489. The summed E-state index contributed by atoms with van der Waals surface area (Å²) in [6, 6.07) is 0.197. The molecule has 0 aliphatic heterocycles. The molecule has 1 fully saturated rings. The van der Waals surface area contributed by atoms with E-state index >= 15 is 0 Å². The Morgan fingerprint density at radius 2 is 2.25 bits per heavy atom. The van der Waals surface area contributed by atoms with E-state index in [0.29, 0.717) is 12.4 Å². The average Bonchev–Trinajstić information content (AvgIpc) is 2.35. The van der Waals surface area contributed by atoms with Crippen LogP contribution in [0, 0.1) is 0 Å². The highest BCUT2D eigenvalue weighted by Gasteiger charge is 2.31. The lowest BCUT2D eigenvalue weighted by Gasteiger charge is -2.37. The Labute approximate surface area is 124 Å². The highest BCUT2D eigenvalue weighted by Crippen LogP contribution is 2.27. The van der Waals surface area contributed by atoms with Crippen LogP contribution in [0.3, 0.4) is 0 Å². The SMILES string of the molecule is CC(C)c1ncc(Cl)c(C(=O)N(CCO)C2CCC2)n1. The van der Waals surface area contributed by atoms with Crippen LogP contribution in [0.2, 0.25) is 5.02 Å². The van der Waals surface area contributed by atoms with Crippen molar-refractivity contribution in [3.63, 3.8) is 0 Å². The molecule has 1 saturated carbocycles. The van der Waals surface area contributed by atoms with Crippen molar-refractivity contribution in [2.45, 2.75) is 45.1 Å². The molecule has 0 saturated heterocycles. The summed E-state index contributed by atoms with van der Waals surface area (Å²) in [5.41, 5.74) is 0.241. The van der Waals surface area contributed by atoms with Gasteiger partial charge in [0, 0.05) is 18.5 Å². The Balaban J connectivity index is 2.27. The lowest BCUT2D eigenvalue weighted by atomic mass is 9.91. The van der Waals surface area contributed by atoms with E-state index in [9.17, 15) is 4.79 Å². The Hall–Kier alpha value is -1.20. The van der Waals surface area contributed by atoms with Crippen LogP contribution in [0.25, 0.3) is 0 Å². The topological polar surface area (TPSA) is 66.3 Å². The maximum Gasteiger partial charge on any atom is 0.274 e. The number of carbonyl (C=O) groups is 1. The van der Waals surface area contributed by atoms with Crippen LogP contribution < -0.4 is 0 Å². The van der Waals surface area contributed by atoms with Crippen molar-refractivity contribution in [2.75, 3.05) is 13.2 Å². The first-order valence-corrected chi connectivity index (χ1v) is 7.36. The summed E-state index contributed by atoms with van der Waals surface area (Å²) in [4.78, 5) is 22.7. The van der Waals surface area contributed by atoms with E-state index in [1.807, 2.05) is 13.8 Å². The van der Waals surface area contributed by atoms with Gasteiger partial charge in [-0.2, -0.15) is 0 Å². The third-order valence-electron chi connectivity index (χ3n) is 3.60. The van der Waals surface area contributed by atoms with Gasteiger partial charge in [0.2, 0.25) is 0 Å². The second kappa shape index (κ2) is 6.50. The van der Waals surface area contributed by atoms with Gasteiger partial charge in [-0.05, 0) is 19.3 Å². The van der Waals surface area contributed by atoms with E-state index in [1.165, 1.54) is 6.20 Å². The molecule has 0 radical (unpaired) electrons. The van der Waals surface area contributed by atoms with Gasteiger partial charge in [0.1, 0.15) is 5.82 Å². The first kappa shape index (κ1) is 15.2. The molecule has 110 valence electrons. The molecule has 1 aromatic heterocycles. The third-order valence-corrected chi connectivity index (χ3v) is 3.88. The number of amides is 1. The number of carbonyl (C=O) groups excluding carboxylic acids is 1. The summed E-state index contributed by atoms with van der Waals surface area (Å²) in [5.74, 6) is 0.530. The predicted octanol–water partition coefficient (Wildman–Crippen LogP) is 2.24. The second-order valence-electron chi connectivity index (χ2n) is 5.39. The lowest BCUT2D eigenvalue weighted by molar-refractivity contribution is 0.0519. The third kappa shape index (κ3) is 3.10. The van der Waals surface area contributed by atoms with E-state index in [2.05, 4.69) is 9.97 Å². The maximum atomic E-state index is 12.6. The number of halogens is 1. The van der Waals surface area contributed by atoms with Gasteiger partial charge < -0.3 is 10.0 Å². The van der Waals surface area contributed by atoms with Gasteiger partial charge >= 0.3 is 0 Å². The molecule has 1 aliphatic carbocycles. The van der Waals surface area contributed by atoms with E-state index in [-0.39, 0.29) is 35.2 Å².